The summed E-state index contributed by atoms with van der Waals surface area (Å²) in [5, 5.41) is 23.3. The van der Waals surface area contributed by atoms with Gasteiger partial charge >= 0.3 is 0 Å². The molecule has 0 spiro atoms. The summed E-state index contributed by atoms with van der Waals surface area (Å²) in [6.45, 7) is 0.0793. The zero-order valence-electron chi connectivity index (χ0n) is 10.9. The van der Waals surface area contributed by atoms with Crippen molar-refractivity contribution in [2.45, 2.75) is 6.54 Å². The molecule has 2 rings (SSSR count). The van der Waals surface area contributed by atoms with Crippen LogP contribution in [0.2, 0.25) is 5.02 Å². The van der Waals surface area contributed by atoms with Gasteiger partial charge in [-0.3, -0.25) is 4.79 Å². The predicted octanol–water partition coefficient (Wildman–Crippen LogP) is 2.38. The molecule has 4 nitrogen and oxygen atoms in total. The van der Waals surface area contributed by atoms with Gasteiger partial charge < -0.3 is 15.5 Å². The van der Waals surface area contributed by atoms with E-state index in [4.69, 9.17) is 16.7 Å². The van der Waals surface area contributed by atoms with Gasteiger partial charge in [0.05, 0.1) is 12.1 Å². The smallest absolute Gasteiger partial charge is 0.255 e. The number of aliphatic hydroxyl groups excluding tert-OH is 1. The van der Waals surface area contributed by atoms with Crippen molar-refractivity contribution >= 4 is 28.8 Å². The van der Waals surface area contributed by atoms with Crippen LogP contribution in [0, 0.1) is 11.8 Å². The Bertz CT molecular complexity index is 715. The number of aliphatic hydroxyl groups is 1. The fourth-order valence-corrected chi connectivity index (χ4v) is 2.61. The molecule has 1 aromatic carbocycles. The van der Waals surface area contributed by atoms with E-state index >= 15 is 0 Å². The van der Waals surface area contributed by atoms with Crippen molar-refractivity contribution in [3.05, 3.63) is 50.7 Å². The number of carbonyl (C=O) groups excluding carboxylic acids is 1. The van der Waals surface area contributed by atoms with Crippen LogP contribution < -0.4 is 5.32 Å². The third kappa shape index (κ3) is 3.99. The number of aromatic hydroxyl groups is 1. The number of benzene rings is 1. The van der Waals surface area contributed by atoms with E-state index in [1.807, 2.05) is 11.4 Å². The number of thiophene rings is 1. The van der Waals surface area contributed by atoms with Gasteiger partial charge in [-0.05, 0) is 29.6 Å². The van der Waals surface area contributed by atoms with Gasteiger partial charge in [-0.1, -0.05) is 23.4 Å². The van der Waals surface area contributed by atoms with Crippen molar-refractivity contribution in [2.24, 2.45) is 0 Å². The molecule has 1 amide bonds. The SMILES string of the molecule is O=C(NCc1sccc1C#CCO)c1cc(Cl)ccc1O. The number of phenols is 1. The van der Waals surface area contributed by atoms with Crippen LogP contribution in [0.1, 0.15) is 20.8 Å². The van der Waals surface area contributed by atoms with E-state index < -0.39 is 5.91 Å². The summed E-state index contributed by atoms with van der Waals surface area (Å²) in [5.74, 6) is 4.85. The number of carbonyl (C=O) groups is 1. The number of hydrogen-bond donors (Lipinski definition) is 3. The minimum absolute atomic E-state index is 0.122. The lowest BCUT2D eigenvalue weighted by Crippen LogP contribution is -2.22. The lowest BCUT2D eigenvalue weighted by molar-refractivity contribution is 0.0948. The molecule has 0 aliphatic rings. The summed E-state index contributed by atoms with van der Waals surface area (Å²) < 4.78 is 0. The lowest BCUT2D eigenvalue weighted by atomic mass is 10.2. The summed E-state index contributed by atoms with van der Waals surface area (Å²) in [6.07, 6.45) is 0. The number of phenolic OH excluding ortho intramolecular Hbond substituents is 1. The highest BCUT2D eigenvalue weighted by Crippen LogP contribution is 2.22. The second kappa shape index (κ2) is 7.14. The van der Waals surface area contributed by atoms with E-state index in [-0.39, 0.29) is 24.5 Å². The number of halogens is 1. The summed E-state index contributed by atoms with van der Waals surface area (Å²) in [5.41, 5.74) is 0.895. The van der Waals surface area contributed by atoms with E-state index in [9.17, 15) is 9.90 Å². The molecule has 1 heterocycles. The molecule has 0 saturated heterocycles. The largest absolute Gasteiger partial charge is 0.507 e. The van der Waals surface area contributed by atoms with Crippen molar-refractivity contribution in [2.75, 3.05) is 6.61 Å². The van der Waals surface area contributed by atoms with Gasteiger partial charge in [-0.15, -0.1) is 11.3 Å². The van der Waals surface area contributed by atoms with Gasteiger partial charge in [-0.25, -0.2) is 0 Å². The van der Waals surface area contributed by atoms with Crippen LogP contribution in [0.4, 0.5) is 0 Å². The highest BCUT2D eigenvalue weighted by Gasteiger charge is 2.12. The first-order valence-electron chi connectivity index (χ1n) is 6.04. The second-order valence-corrected chi connectivity index (χ2v) is 5.50. The van der Waals surface area contributed by atoms with Gasteiger partial charge in [0.25, 0.3) is 5.91 Å². The normalized spacial score (nSPS) is 9.81. The highest BCUT2D eigenvalue weighted by atomic mass is 35.5. The van der Waals surface area contributed by atoms with Gasteiger partial charge in [-0.2, -0.15) is 0 Å². The summed E-state index contributed by atoms with van der Waals surface area (Å²) >= 11 is 7.27. The molecule has 0 saturated carbocycles. The van der Waals surface area contributed by atoms with Gasteiger partial charge in [0.1, 0.15) is 12.4 Å². The topological polar surface area (TPSA) is 69.6 Å². The van der Waals surface area contributed by atoms with Crippen molar-refractivity contribution < 1.29 is 15.0 Å². The quantitative estimate of drug-likeness (QED) is 0.760. The number of rotatable bonds is 3. The molecule has 0 aliphatic carbocycles. The van der Waals surface area contributed by atoms with Crippen LogP contribution in [0.25, 0.3) is 0 Å². The molecule has 0 unspecified atom stereocenters. The average Bonchev–Trinajstić information content (AvgIpc) is 2.92. The third-order valence-corrected chi connectivity index (χ3v) is 3.82. The first-order valence-corrected chi connectivity index (χ1v) is 7.30. The van der Waals surface area contributed by atoms with Gasteiger partial charge in [0.15, 0.2) is 0 Å². The molecule has 0 bridgehead atoms. The van der Waals surface area contributed by atoms with Crippen molar-refractivity contribution in [3.8, 4) is 17.6 Å². The number of nitrogens with one attached hydrogen (secondary N) is 1. The Balaban J connectivity index is 2.08. The molecular formula is C15H12ClNO3S. The van der Waals surface area contributed by atoms with E-state index in [2.05, 4.69) is 17.2 Å². The second-order valence-electron chi connectivity index (χ2n) is 4.06. The van der Waals surface area contributed by atoms with E-state index in [0.29, 0.717) is 5.02 Å². The van der Waals surface area contributed by atoms with Crippen LogP contribution in [0.3, 0.4) is 0 Å². The average molecular weight is 322 g/mol. The molecule has 0 atom stereocenters. The maximum atomic E-state index is 12.0. The Kier molecular flexibility index (Phi) is 5.23. The lowest BCUT2D eigenvalue weighted by Gasteiger charge is -2.06. The fourth-order valence-electron chi connectivity index (χ4n) is 1.67. The monoisotopic (exact) mass is 321 g/mol. The van der Waals surface area contributed by atoms with Crippen molar-refractivity contribution in [1.29, 1.82) is 0 Å². The Morgan fingerprint density at radius 1 is 1.38 bits per heavy atom. The minimum atomic E-state index is -0.413. The summed E-state index contributed by atoms with van der Waals surface area (Å²) in [6, 6.07) is 6.12. The summed E-state index contributed by atoms with van der Waals surface area (Å²) in [7, 11) is 0. The standard InChI is InChI=1S/C15H12ClNO3S/c16-11-3-4-13(19)12(8-11)15(20)17-9-14-10(2-1-6-18)5-7-21-14/h3-5,7-8,18-19H,6,9H2,(H,17,20). The van der Waals surface area contributed by atoms with E-state index in [1.165, 1.54) is 29.5 Å². The molecule has 2 aromatic rings. The van der Waals surface area contributed by atoms with Crippen LogP contribution in [0.5, 0.6) is 5.75 Å². The van der Waals surface area contributed by atoms with E-state index in [0.717, 1.165) is 10.4 Å². The van der Waals surface area contributed by atoms with Crippen LogP contribution in [-0.2, 0) is 6.54 Å². The van der Waals surface area contributed by atoms with E-state index in [1.54, 1.807) is 0 Å². The first-order chi connectivity index (χ1) is 10.1. The fraction of sp³-hybridized carbons (Fsp3) is 0.133. The maximum Gasteiger partial charge on any atom is 0.255 e. The predicted molar refractivity (Wildman–Crippen MR) is 82.6 cm³/mol. The molecule has 21 heavy (non-hydrogen) atoms. The Labute approximate surface area is 131 Å². The maximum absolute atomic E-state index is 12.0. The van der Waals surface area contributed by atoms with Crippen molar-refractivity contribution in [3.63, 3.8) is 0 Å². The Morgan fingerprint density at radius 3 is 2.95 bits per heavy atom. The molecule has 0 radical (unpaired) electrons. The molecule has 0 fully saturated rings. The Hall–Kier alpha value is -2.00. The molecule has 1 aromatic heterocycles. The van der Waals surface area contributed by atoms with Gasteiger partial charge in [0.2, 0.25) is 0 Å². The minimum Gasteiger partial charge on any atom is -0.507 e. The van der Waals surface area contributed by atoms with Crippen LogP contribution in [-0.4, -0.2) is 22.7 Å². The highest BCUT2D eigenvalue weighted by molar-refractivity contribution is 7.10. The zero-order valence-corrected chi connectivity index (χ0v) is 12.5. The molecule has 108 valence electrons. The Morgan fingerprint density at radius 2 is 2.19 bits per heavy atom. The van der Waals surface area contributed by atoms with Gasteiger partial charge in [0, 0.05) is 15.5 Å². The molecule has 0 aliphatic heterocycles. The molecular weight excluding hydrogens is 310 g/mol. The molecule has 3 N–H and O–H groups in total. The number of amides is 1. The van der Waals surface area contributed by atoms with Crippen LogP contribution >= 0.6 is 22.9 Å². The zero-order chi connectivity index (χ0) is 15.2. The number of hydrogen-bond acceptors (Lipinski definition) is 4. The summed E-state index contributed by atoms with van der Waals surface area (Å²) in [4.78, 5) is 12.9. The third-order valence-electron chi connectivity index (χ3n) is 2.66. The van der Waals surface area contributed by atoms with Crippen molar-refractivity contribution in [1.82, 2.24) is 5.32 Å². The first kappa shape index (κ1) is 15.4. The van der Waals surface area contributed by atoms with Crippen LogP contribution in [0.15, 0.2) is 29.6 Å². The molecule has 6 heteroatoms.